The molecule has 0 radical (unpaired) electrons. The highest BCUT2D eigenvalue weighted by Crippen LogP contribution is 2.02. The highest BCUT2D eigenvalue weighted by Gasteiger charge is 2.01. The zero-order valence-electron chi connectivity index (χ0n) is 9.38. The van der Waals surface area contributed by atoms with Gasteiger partial charge in [0.15, 0.2) is 0 Å². The second-order valence-electron chi connectivity index (χ2n) is 3.55. The molecule has 0 unspecified atom stereocenters. The fraction of sp³-hybridized carbons (Fsp3) is 0.286. The van der Waals surface area contributed by atoms with Gasteiger partial charge in [0, 0.05) is 0 Å². The van der Waals surface area contributed by atoms with Crippen LogP contribution in [0, 0.1) is 0 Å². The second kappa shape index (κ2) is 7.85. The molecule has 0 aliphatic carbocycles. The average Bonchev–Trinajstić information content (AvgIpc) is 2.31. The van der Waals surface area contributed by atoms with E-state index in [0.717, 1.165) is 5.56 Å². The van der Waals surface area contributed by atoms with E-state index in [1.807, 2.05) is 42.5 Å². The van der Waals surface area contributed by atoms with Crippen LogP contribution in [0.5, 0.6) is 0 Å². The summed E-state index contributed by atoms with van der Waals surface area (Å²) >= 11 is 0. The quantitative estimate of drug-likeness (QED) is 0.713. The van der Waals surface area contributed by atoms with Gasteiger partial charge in [-0.2, -0.15) is 0 Å². The zero-order valence-corrected chi connectivity index (χ0v) is 9.38. The summed E-state index contributed by atoms with van der Waals surface area (Å²) in [5.74, 6) is 0. The molecule has 0 aliphatic rings. The lowest BCUT2D eigenvalue weighted by Crippen LogP contribution is -2.13. The third kappa shape index (κ3) is 5.49. The predicted octanol–water partition coefficient (Wildman–Crippen LogP) is 2.70. The maximum Gasteiger partial charge on any atom is 0.0808 e. The van der Waals surface area contributed by atoms with Gasteiger partial charge < -0.3 is 9.84 Å². The van der Waals surface area contributed by atoms with Gasteiger partial charge in [0.05, 0.1) is 19.3 Å². The van der Waals surface area contributed by atoms with E-state index < -0.39 is 6.10 Å². The van der Waals surface area contributed by atoms with Gasteiger partial charge in [-0.05, 0) is 12.0 Å². The molecule has 0 amide bonds. The molecule has 0 bridgehead atoms. The van der Waals surface area contributed by atoms with E-state index in [1.54, 1.807) is 6.08 Å². The number of rotatable bonds is 7. The van der Waals surface area contributed by atoms with Crippen LogP contribution < -0.4 is 0 Å². The first kappa shape index (κ1) is 12.7. The number of benzene rings is 1. The number of aliphatic hydroxyl groups excluding tert-OH is 1. The molecular weight excluding hydrogens is 200 g/mol. The topological polar surface area (TPSA) is 29.5 Å². The van der Waals surface area contributed by atoms with Crippen molar-refractivity contribution >= 4 is 0 Å². The largest absolute Gasteiger partial charge is 0.390 e. The molecule has 86 valence electrons. The minimum Gasteiger partial charge on any atom is -0.390 e. The average molecular weight is 218 g/mol. The maximum atomic E-state index is 9.54. The van der Waals surface area contributed by atoms with Crippen molar-refractivity contribution in [1.29, 1.82) is 0 Å². The lowest BCUT2D eigenvalue weighted by atomic mass is 10.2. The molecule has 1 atom stereocenters. The number of hydrogen-bond acceptors (Lipinski definition) is 2. The number of hydrogen-bond donors (Lipinski definition) is 1. The van der Waals surface area contributed by atoms with Crippen LogP contribution in [0.3, 0.4) is 0 Å². The van der Waals surface area contributed by atoms with Crippen LogP contribution in [0.25, 0.3) is 0 Å². The van der Waals surface area contributed by atoms with Crippen molar-refractivity contribution in [2.75, 3.05) is 6.61 Å². The van der Waals surface area contributed by atoms with Crippen LogP contribution in [0.15, 0.2) is 55.1 Å². The van der Waals surface area contributed by atoms with Gasteiger partial charge in [-0.25, -0.2) is 0 Å². The van der Waals surface area contributed by atoms with Gasteiger partial charge >= 0.3 is 0 Å². The molecule has 0 aromatic heterocycles. The van der Waals surface area contributed by atoms with E-state index in [-0.39, 0.29) is 0 Å². The van der Waals surface area contributed by atoms with Crippen molar-refractivity contribution in [3.8, 4) is 0 Å². The number of aliphatic hydroxyl groups is 1. The van der Waals surface area contributed by atoms with Crippen LogP contribution in [0.1, 0.15) is 12.0 Å². The van der Waals surface area contributed by atoms with E-state index in [1.165, 1.54) is 0 Å². The Morgan fingerprint density at radius 1 is 1.31 bits per heavy atom. The number of allylic oxidation sites excluding steroid dienone is 2. The molecule has 0 fully saturated rings. The molecule has 1 aromatic carbocycles. The van der Waals surface area contributed by atoms with Gasteiger partial charge in [-0.1, -0.05) is 55.1 Å². The highest BCUT2D eigenvalue weighted by atomic mass is 16.5. The van der Waals surface area contributed by atoms with Crippen LogP contribution >= 0.6 is 0 Å². The Labute approximate surface area is 96.9 Å². The smallest absolute Gasteiger partial charge is 0.0808 e. The van der Waals surface area contributed by atoms with Gasteiger partial charge in [0.1, 0.15) is 0 Å². The summed E-state index contributed by atoms with van der Waals surface area (Å²) in [5.41, 5.74) is 1.12. The molecular formula is C14H18O2. The summed E-state index contributed by atoms with van der Waals surface area (Å²) in [6.07, 6.45) is 5.54. The summed E-state index contributed by atoms with van der Waals surface area (Å²) in [5, 5.41) is 9.54. The summed E-state index contributed by atoms with van der Waals surface area (Å²) in [6.45, 7) is 4.46. The Bertz CT molecular complexity index is 317. The summed E-state index contributed by atoms with van der Waals surface area (Å²) in [6, 6.07) is 9.93. The van der Waals surface area contributed by atoms with Crippen molar-refractivity contribution in [2.45, 2.75) is 19.1 Å². The summed E-state index contributed by atoms with van der Waals surface area (Å²) < 4.78 is 5.40. The van der Waals surface area contributed by atoms with Crippen molar-refractivity contribution in [3.63, 3.8) is 0 Å². The first-order valence-corrected chi connectivity index (χ1v) is 5.40. The molecule has 2 heteroatoms. The van der Waals surface area contributed by atoms with Gasteiger partial charge in [-0.15, -0.1) is 0 Å². The van der Waals surface area contributed by atoms with Gasteiger partial charge in [0.2, 0.25) is 0 Å². The monoisotopic (exact) mass is 218 g/mol. The maximum absolute atomic E-state index is 9.54. The molecule has 0 saturated heterocycles. The predicted molar refractivity (Wildman–Crippen MR) is 66.1 cm³/mol. The van der Waals surface area contributed by atoms with Crippen molar-refractivity contribution in [2.24, 2.45) is 0 Å². The van der Waals surface area contributed by atoms with E-state index in [4.69, 9.17) is 4.74 Å². The molecule has 16 heavy (non-hydrogen) atoms. The lowest BCUT2D eigenvalue weighted by molar-refractivity contribution is 0.0301. The minimum atomic E-state index is -0.445. The molecule has 2 nitrogen and oxygen atoms in total. The third-order valence-electron chi connectivity index (χ3n) is 2.10. The van der Waals surface area contributed by atoms with Gasteiger partial charge in [0.25, 0.3) is 0 Å². The second-order valence-corrected chi connectivity index (χ2v) is 3.55. The Balaban J connectivity index is 2.15. The lowest BCUT2D eigenvalue weighted by Gasteiger charge is -2.08. The fourth-order valence-corrected chi connectivity index (χ4v) is 1.29. The van der Waals surface area contributed by atoms with E-state index in [0.29, 0.717) is 19.6 Å². The Morgan fingerprint density at radius 3 is 2.75 bits per heavy atom. The van der Waals surface area contributed by atoms with Crippen molar-refractivity contribution in [3.05, 3.63) is 60.7 Å². The van der Waals surface area contributed by atoms with E-state index >= 15 is 0 Å². The van der Waals surface area contributed by atoms with Gasteiger partial charge in [-0.3, -0.25) is 0 Å². The fourth-order valence-electron chi connectivity index (χ4n) is 1.29. The summed E-state index contributed by atoms with van der Waals surface area (Å²) in [4.78, 5) is 0. The van der Waals surface area contributed by atoms with Crippen molar-refractivity contribution in [1.82, 2.24) is 0 Å². The molecule has 1 aromatic rings. The molecule has 0 saturated carbocycles. The van der Waals surface area contributed by atoms with Crippen LogP contribution in [-0.4, -0.2) is 17.8 Å². The SMILES string of the molecule is C=C/C=C/C[C@@H](O)COCc1ccccc1. The first-order chi connectivity index (χ1) is 7.83. The molecule has 1 N–H and O–H groups in total. The van der Waals surface area contributed by atoms with Crippen LogP contribution in [0.2, 0.25) is 0 Å². The normalized spacial score (nSPS) is 12.8. The molecule has 0 aliphatic heterocycles. The Morgan fingerprint density at radius 2 is 2.06 bits per heavy atom. The first-order valence-electron chi connectivity index (χ1n) is 5.40. The van der Waals surface area contributed by atoms with Crippen molar-refractivity contribution < 1.29 is 9.84 Å². The third-order valence-corrected chi connectivity index (χ3v) is 2.10. The standard InChI is InChI=1S/C14H18O2/c1-2-3-5-10-14(15)12-16-11-13-8-6-4-7-9-13/h2-9,14-15H,1,10-12H2/b5-3+/t14-/m1/s1. The van der Waals surface area contributed by atoms with Crippen LogP contribution in [-0.2, 0) is 11.3 Å². The van der Waals surface area contributed by atoms with Crippen LogP contribution in [0.4, 0.5) is 0 Å². The van der Waals surface area contributed by atoms with E-state index in [2.05, 4.69) is 6.58 Å². The molecule has 0 heterocycles. The summed E-state index contributed by atoms with van der Waals surface area (Å²) in [7, 11) is 0. The Kier molecular flexibility index (Phi) is 6.23. The Hall–Kier alpha value is -1.38. The number of ether oxygens (including phenoxy) is 1. The minimum absolute atomic E-state index is 0.358. The van der Waals surface area contributed by atoms with E-state index in [9.17, 15) is 5.11 Å². The highest BCUT2D eigenvalue weighted by molar-refractivity contribution is 5.13. The molecule has 0 spiro atoms. The zero-order chi connectivity index (χ0) is 11.6. The molecule has 1 rings (SSSR count).